The number of hydrogen-bond acceptors (Lipinski definition) is 4. The van der Waals surface area contributed by atoms with Crippen molar-refractivity contribution in [3.8, 4) is 0 Å². The highest BCUT2D eigenvalue weighted by Gasteiger charge is 2.37. The van der Waals surface area contributed by atoms with E-state index in [1.54, 1.807) is 12.3 Å². The first-order chi connectivity index (χ1) is 12.8. The fourth-order valence-corrected chi connectivity index (χ4v) is 4.40. The van der Waals surface area contributed by atoms with Crippen LogP contribution >= 0.6 is 7.60 Å². The highest BCUT2D eigenvalue weighted by atomic mass is 31.2. The van der Waals surface area contributed by atoms with Gasteiger partial charge in [0.05, 0.1) is 0 Å². The van der Waals surface area contributed by atoms with Crippen LogP contribution in [0.5, 0.6) is 0 Å². The molecule has 3 aromatic rings. The molecule has 0 aliphatic carbocycles. The zero-order valence-electron chi connectivity index (χ0n) is 15.2. The summed E-state index contributed by atoms with van der Waals surface area (Å²) in [5.74, 6) is -3.87. The molecule has 0 fully saturated rings. The molecule has 2 N–H and O–H groups in total. The Morgan fingerprint density at radius 1 is 1.11 bits per heavy atom. The van der Waals surface area contributed by atoms with Crippen LogP contribution in [0.4, 0.5) is 14.5 Å². The summed E-state index contributed by atoms with van der Waals surface area (Å²) < 4.78 is 51.0. The van der Waals surface area contributed by atoms with Crippen molar-refractivity contribution in [2.45, 2.75) is 18.6 Å². The summed E-state index contributed by atoms with van der Waals surface area (Å²) in [6.45, 7) is 0.832. The van der Waals surface area contributed by atoms with Gasteiger partial charge in [0.25, 0.3) is 5.92 Å². The van der Waals surface area contributed by atoms with E-state index in [0.29, 0.717) is 11.3 Å². The number of H-pyrrole nitrogens is 1. The van der Waals surface area contributed by atoms with Crippen LogP contribution in [0.3, 0.4) is 0 Å². The zero-order chi connectivity index (χ0) is 19.7. The second-order valence-corrected chi connectivity index (χ2v) is 8.54. The minimum Gasteiger partial charge on any atom is -0.368 e. The number of anilines is 1. The third-order valence-corrected chi connectivity index (χ3v) is 6.47. The van der Waals surface area contributed by atoms with Crippen molar-refractivity contribution in [1.29, 1.82) is 0 Å². The third kappa shape index (κ3) is 3.90. The Balaban J connectivity index is 2.08. The van der Waals surface area contributed by atoms with Crippen LogP contribution in [0.25, 0.3) is 10.9 Å². The lowest BCUT2D eigenvalue weighted by Crippen LogP contribution is -2.14. The number of hydrogen-bond donors (Lipinski definition) is 2. The molecule has 0 radical (unpaired) electrons. The summed E-state index contributed by atoms with van der Waals surface area (Å²) in [7, 11) is -1.03. The van der Waals surface area contributed by atoms with E-state index in [4.69, 9.17) is 9.05 Å². The van der Waals surface area contributed by atoms with Gasteiger partial charge in [0.2, 0.25) is 0 Å². The zero-order valence-corrected chi connectivity index (χ0v) is 16.1. The number of benzene rings is 2. The summed E-state index contributed by atoms with van der Waals surface area (Å²) in [5.41, 5.74) is 1.76. The lowest BCUT2D eigenvalue weighted by molar-refractivity contribution is 0.0175. The number of nitrogens with one attached hydrogen (secondary N) is 2. The average Bonchev–Trinajstić information content (AvgIpc) is 3.09. The number of halogens is 2. The quantitative estimate of drug-likeness (QED) is 0.492. The Hall–Kier alpha value is -2.21. The Morgan fingerprint density at radius 2 is 1.81 bits per heavy atom. The van der Waals surface area contributed by atoms with Gasteiger partial charge < -0.3 is 19.3 Å². The van der Waals surface area contributed by atoms with Crippen LogP contribution in [0.15, 0.2) is 54.7 Å². The van der Waals surface area contributed by atoms with Crippen molar-refractivity contribution in [3.63, 3.8) is 0 Å². The number of aromatic amines is 1. The van der Waals surface area contributed by atoms with Gasteiger partial charge in [-0.3, -0.25) is 4.57 Å². The molecule has 2 aromatic carbocycles. The number of fused-ring (bicyclic) bond motifs is 1. The molecule has 27 heavy (non-hydrogen) atoms. The number of alkyl halides is 2. The molecule has 0 amide bonds. The molecular formula is C19H21F2N2O3P. The van der Waals surface area contributed by atoms with Gasteiger partial charge >= 0.3 is 7.60 Å². The van der Waals surface area contributed by atoms with Crippen LogP contribution in [0.2, 0.25) is 0 Å². The monoisotopic (exact) mass is 394 g/mol. The standard InChI is InChI=1S/C19H21F2N2O3P/c1-19(20,21)13-7-6-8-14(11-13)23-18(27(24,25-2)26-3)16-12-22-17-10-5-4-9-15(16)17/h4-12,18,22-23H,1-3H3. The molecule has 0 saturated carbocycles. The molecule has 8 heteroatoms. The molecule has 3 rings (SSSR count). The maximum Gasteiger partial charge on any atom is 0.356 e. The molecular weight excluding hydrogens is 373 g/mol. The maximum atomic E-state index is 13.7. The number of rotatable bonds is 7. The van der Waals surface area contributed by atoms with Crippen molar-refractivity contribution in [2.75, 3.05) is 19.5 Å². The third-order valence-electron chi connectivity index (χ3n) is 4.41. The molecule has 0 bridgehead atoms. The second kappa shape index (κ2) is 7.43. The van der Waals surface area contributed by atoms with Gasteiger partial charge in [-0.25, -0.2) is 8.78 Å². The van der Waals surface area contributed by atoms with E-state index in [0.717, 1.165) is 17.8 Å². The fraction of sp³-hybridized carbons (Fsp3) is 0.263. The molecule has 144 valence electrons. The summed E-state index contributed by atoms with van der Waals surface area (Å²) in [6.07, 6.45) is 1.71. The Kier molecular flexibility index (Phi) is 5.38. The van der Waals surface area contributed by atoms with Crippen LogP contribution < -0.4 is 5.32 Å². The van der Waals surface area contributed by atoms with Crippen LogP contribution in [-0.2, 0) is 19.5 Å². The maximum absolute atomic E-state index is 13.7. The van der Waals surface area contributed by atoms with Gasteiger partial charge in [-0.1, -0.05) is 30.3 Å². The predicted molar refractivity (Wildman–Crippen MR) is 102 cm³/mol. The SMILES string of the molecule is COP(=O)(OC)C(Nc1cccc(C(C)(F)F)c1)c1c[nH]c2ccccc12. The minimum absolute atomic E-state index is 0.144. The van der Waals surface area contributed by atoms with E-state index in [1.165, 1.54) is 32.4 Å². The summed E-state index contributed by atoms with van der Waals surface area (Å²) in [5, 5.41) is 3.90. The molecule has 5 nitrogen and oxygen atoms in total. The molecule has 0 aliphatic rings. The first-order valence-corrected chi connectivity index (χ1v) is 9.92. The molecule has 1 atom stereocenters. The molecule has 0 saturated heterocycles. The van der Waals surface area contributed by atoms with Crippen molar-refractivity contribution >= 4 is 24.2 Å². The Labute approximate surface area is 156 Å². The predicted octanol–water partition coefficient (Wildman–Crippen LogP) is 5.88. The van der Waals surface area contributed by atoms with E-state index in [2.05, 4.69) is 10.3 Å². The van der Waals surface area contributed by atoms with Gasteiger partial charge in [-0.15, -0.1) is 0 Å². The molecule has 0 aliphatic heterocycles. The van der Waals surface area contributed by atoms with Crippen molar-refractivity contribution in [1.82, 2.24) is 4.98 Å². The summed E-state index contributed by atoms with van der Waals surface area (Å²) in [6, 6.07) is 13.3. The topological polar surface area (TPSA) is 63.4 Å². The smallest absolute Gasteiger partial charge is 0.356 e. The van der Waals surface area contributed by atoms with Gasteiger partial charge in [0.1, 0.15) is 0 Å². The van der Waals surface area contributed by atoms with Gasteiger partial charge in [0, 0.05) is 55.1 Å². The Morgan fingerprint density at radius 3 is 2.48 bits per heavy atom. The largest absolute Gasteiger partial charge is 0.368 e. The molecule has 1 aromatic heterocycles. The van der Waals surface area contributed by atoms with Gasteiger partial charge in [-0.2, -0.15) is 0 Å². The molecule has 1 unspecified atom stereocenters. The molecule has 1 heterocycles. The number of para-hydroxylation sites is 1. The van der Waals surface area contributed by atoms with Crippen molar-refractivity contribution < 1.29 is 22.4 Å². The van der Waals surface area contributed by atoms with Crippen LogP contribution in [-0.4, -0.2) is 19.2 Å². The van der Waals surface area contributed by atoms with Crippen LogP contribution in [0, 0.1) is 0 Å². The van der Waals surface area contributed by atoms with E-state index in [1.807, 2.05) is 24.3 Å². The van der Waals surface area contributed by atoms with Crippen molar-refractivity contribution in [3.05, 3.63) is 65.9 Å². The average molecular weight is 394 g/mol. The van der Waals surface area contributed by atoms with Gasteiger partial charge in [0.15, 0.2) is 5.78 Å². The number of aromatic nitrogens is 1. The lowest BCUT2D eigenvalue weighted by Gasteiger charge is -2.26. The van der Waals surface area contributed by atoms with Crippen LogP contribution in [0.1, 0.15) is 23.8 Å². The normalized spacial score (nSPS) is 13.7. The first kappa shape index (κ1) is 19.5. The Bertz CT molecular complexity index is 976. The second-order valence-electron chi connectivity index (χ2n) is 6.21. The minimum atomic E-state index is -3.62. The summed E-state index contributed by atoms with van der Waals surface area (Å²) in [4.78, 5) is 3.12. The van der Waals surface area contributed by atoms with E-state index < -0.39 is 19.3 Å². The lowest BCUT2D eigenvalue weighted by atomic mass is 10.1. The van der Waals surface area contributed by atoms with E-state index in [-0.39, 0.29) is 5.56 Å². The summed E-state index contributed by atoms with van der Waals surface area (Å²) >= 11 is 0. The van der Waals surface area contributed by atoms with E-state index >= 15 is 0 Å². The molecule has 0 spiro atoms. The highest BCUT2D eigenvalue weighted by Crippen LogP contribution is 2.60. The van der Waals surface area contributed by atoms with E-state index in [9.17, 15) is 13.3 Å². The first-order valence-electron chi connectivity index (χ1n) is 8.30. The van der Waals surface area contributed by atoms with Gasteiger partial charge in [-0.05, 0) is 18.2 Å². The fourth-order valence-electron chi connectivity index (χ4n) is 2.97. The highest BCUT2D eigenvalue weighted by molar-refractivity contribution is 7.54. The van der Waals surface area contributed by atoms with Crippen molar-refractivity contribution in [2.24, 2.45) is 0 Å².